The van der Waals surface area contributed by atoms with Gasteiger partial charge in [0.1, 0.15) is 22.5 Å². The van der Waals surface area contributed by atoms with E-state index in [-0.39, 0.29) is 0 Å². The van der Waals surface area contributed by atoms with Crippen molar-refractivity contribution in [3.63, 3.8) is 0 Å². The van der Waals surface area contributed by atoms with Crippen LogP contribution in [0.2, 0.25) is 10.2 Å². The second-order valence-corrected chi connectivity index (χ2v) is 5.25. The predicted molar refractivity (Wildman–Crippen MR) is 82.0 cm³/mol. The molecule has 3 aromatic heterocycles. The normalized spacial score (nSPS) is 10.6. The lowest BCUT2D eigenvalue weighted by atomic mass is 10.2. The summed E-state index contributed by atoms with van der Waals surface area (Å²) >= 11 is 11.6. The Kier molecular flexibility index (Phi) is 4.13. The molecule has 3 heterocycles. The number of imidazole rings is 1. The Morgan fingerprint density at radius 2 is 1.86 bits per heavy atom. The number of rotatable bonds is 4. The SMILES string of the molecule is O=Cc1cn(Cc2ncc(Cl)cn2)c(-c2ccc(Cl)nc2)n1. The number of nitrogens with zero attached hydrogens (tertiary/aromatic N) is 5. The van der Waals surface area contributed by atoms with E-state index in [0.29, 0.717) is 40.3 Å². The van der Waals surface area contributed by atoms with Crippen LogP contribution in [-0.2, 0) is 6.54 Å². The summed E-state index contributed by atoms with van der Waals surface area (Å²) in [6.45, 7) is 0.357. The van der Waals surface area contributed by atoms with Gasteiger partial charge in [-0.25, -0.2) is 19.9 Å². The van der Waals surface area contributed by atoms with E-state index in [0.717, 1.165) is 5.56 Å². The number of carbonyl (C=O) groups excluding carboxylic acids is 1. The zero-order valence-electron chi connectivity index (χ0n) is 11.1. The third-order valence-corrected chi connectivity index (χ3v) is 3.31. The van der Waals surface area contributed by atoms with Crippen LogP contribution in [0.3, 0.4) is 0 Å². The van der Waals surface area contributed by atoms with Gasteiger partial charge in [-0.05, 0) is 12.1 Å². The molecule has 22 heavy (non-hydrogen) atoms. The second kappa shape index (κ2) is 6.21. The van der Waals surface area contributed by atoms with E-state index in [1.165, 1.54) is 12.4 Å². The quantitative estimate of drug-likeness (QED) is 0.542. The van der Waals surface area contributed by atoms with E-state index in [1.54, 1.807) is 29.1 Å². The van der Waals surface area contributed by atoms with Gasteiger partial charge < -0.3 is 4.57 Å². The van der Waals surface area contributed by atoms with Crippen LogP contribution in [0, 0.1) is 0 Å². The third kappa shape index (κ3) is 3.13. The summed E-state index contributed by atoms with van der Waals surface area (Å²) in [6.07, 6.45) is 6.95. The summed E-state index contributed by atoms with van der Waals surface area (Å²) in [5, 5.41) is 0.851. The van der Waals surface area contributed by atoms with Crippen molar-refractivity contribution in [2.75, 3.05) is 0 Å². The Morgan fingerprint density at radius 1 is 1.09 bits per heavy atom. The fraction of sp³-hybridized carbons (Fsp3) is 0.0714. The third-order valence-electron chi connectivity index (χ3n) is 2.89. The average Bonchev–Trinajstić information content (AvgIpc) is 2.93. The van der Waals surface area contributed by atoms with E-state index in [1.807, 2.05) is 0 Å². The molecule has 3 rings (SSSR count). The van der Waals surface area contributed by atoms with Gasteiger partial charge in [-0.15, -0.1) is 0 Å². The fourth-order valence-corrected chi connectivity index (χ4v) is 2.13. The van der Waals surface area contributed by atoms with Crippen LogP contribution in [0.15, 0.2) is 36.9 Å². The zero-order valence-corrected chi connectivity index (χ0v) is 12.7. The molecule has 0 aliphatic rings. The van der Waals surface area contributed by atoms with Gasteiger partial charge in [0.25, 0.3) is 0 Å². The predicted octanol–water partition coefficient (Wildman–Crippen LogP) is 2.90. The van der Waals surface area contributed by atoms with Crippen LogP contribution < -0.4 is 0 Å². The number of pyridine rings is 1. The largest absolute Gasteiger partial charge is 0.323 e. The molecule has 0 radical (unpaired) electrons. The van der Waals surface area contributed by atoms with Crippen LogP contribution in [0.5, 0.6) is 0 Å². The molecule has 110 valence electrons. The summed E-state index contributed by atoms with van der Waals surface area (Å²) in [7, 11) is 0. The average molecular weight is 334 g/mol. The molecule has 0 aromatic carbocycles. The molecule has 0 unspecified atom stereocenters. The highest BCUT2D eigenvalue weighted by atomic mass is 35.5. The highest BCUT2D eigenvalue weighted by Crippen LogP contribution is 2.20. The standard InChI is InChI=1S/C14H9Cl2N5O/c15-10-4-18-13(19-5-10)7-21-6-11(8-22)20-14(21)9-1-2-12(16)17-3-9/h1-6,8H,7H2. The molecule has 3 aromatic rings. The van der Waals surface area contributed by atoms with Crippen LogP contribution >= 0.6 is 23.2 Å². The topological polar surface area (TPSA) is 73.6 Å². The van der Waals surface area contributed by atoms with Gasteiger partial charge in [0.05, 0.1) is 11.6 Å². The maximum Gasteiger partial charge on any atom is 0.170 e. The summed E-state index contributed by atoms with van der Waals surface area (Å²) in [6, 6.07) is 3.45. The summed E-state index contributed by atoms with van der Waals surface area (Å²) < 4.78 is 1.78. The van der Waals surface area contributed by atoms with Crippen LogP contribution in [0.25, 0.3) is 11.4 Å². The lowest BCUT2D eigenvalue weighted by molar-refractivity contribution is 0.111. The molecular formula is C14H9Cl2N5O. The molecule has 0 spiro atoms. The molecule has 0 amide bonds. The molecule has 0 bridgehead atoms. The molecule has 0 aliphatic carbocycles. The van der Waals surface area contributed by atoms with Crippen molar-refractivity contribution >= 4 is 29.5 Å². The number of aldehydes is 1. The minimum absolute atomic E-state index is 0.318. The molecule has 8 heteroatoms. The summed E-state index contributed by atoms with van der Waals surface area (Å²) in [5.41, 5.74) is 1.06. The number of carbonyl (C=O) groups is 1. The Labute approximate surface area is 135 Å². The van der Waals surface area contributed by atoms with Gasteiger partial charge in [-0.1, -0.05) is 23.2 Å². The number of halogens is 2. The van der Waals surface area contributed by atoms with E-state index >= 15 is 0 Å². The van der Waals surface area contributed by atoms with Gasteiger partial charge in [-0.3, -0.25) is 4.79 Å². The Bertz CT molecular complexity index is 799. The van der Waals surface area contributed by atoms with E-state index in [9.17, 15) is 4.79 Å². The number of hydrogen-bond acceptors (Lipinski definition) is 5. The molecule has 0 saturated carbocycles. The van der Waals surface area contributed by atoms with Gasteiger partial charge in [0, 0.05) is 30.4 Å². The Balaban J connectivity index is 1.99. The molecule has 0 saturated heterocycles. The molecule has 0 atom stereocenters. The van der Waals surface area contributed by atoms with Crippen molar-refractivity contribution in [1.82, 2.24) is 24.5 Å². The lowest BCUT2D eigenvalue weighted by Gasteiger charge is -2.06. The first-order valence-electron chi connectivity index (χ1n) is 6.26. The van der Waals surface area contributed by atoms with Crippen molar-refractivity contribution in [2.45, 2.75) is 6.54 Å². The fourth-order valence-electron chi connectivity index (χ4n) is 1.92. The molecule has 0 aliphatic heterocycles. The first-order valence-corrected chi connectivity index (χ1v) is 7.02. The monoisotopic (exact) mass is 333 g/mol. The van der Waals surface area contributed by atoms with Gasteiger partial charge in [0.15, 0.2) is 6.29 Å². The van der Waals surface area contributed by atoms with Crippen LogP contribution in [0.4, 0.5) is 0 Å². The molecule has 6 nitrogen and oxygen atoms in total. The lowest BCUT2D eigenvalue weighted by Crippen LogP contribution is -2.05. The minimum atomic E-state index is 0.318. The number of hydrogen-bond donors (Lipinski definition) is 0. The highest BCUT2D eigenvalue weighted by Gasteiger charge is 2.12. The molecule has 0 fully saturated rings. The highest BCUT2D eigenvalue weighted by molar-refractivity contribution is 6.30. The van der Waals surface area contributed by atoms with Crippen molar-refractivity contribution in [3.8, 4) is 11.4 Å². The smallest absolute Gasteiger partial charge is 0.170 e. The maximum atomic E-state index is 11.0. The van der Waals surface area contributed by atoms with Gasteiger partial charge in [-0.2, -0.15) is 0 Å². The van der Waals surface area contributed by atoms with E-state index in [2.05, 4.69) is 19.9 Å². The van der Waals surface area contributed by atoms with Crippen molar-refractivity contribution in [2.24, 2.45) is 0 Å². The zero-order chi connectivity index (χ0) is 15.5. The summed E-state index contributed by atoms with van der Waals surface area (Å²) in [4.78, 5) is 27.6. The first kappa shape index (κ1) is 14.6. The Hall–Kier alpha value is -2.31. The van der Waals surface area contributed by atoms with Crippen molar-refractivity contribution < 1.29 is 4.79 Å². The Morgan fingerprint density at radius 3 is 2.50 bits per heavy atom. The first-order chi connectivity index (χ1) is 10.7. The van der Waals surface area contributed by atoms with E-state index in [4.69, 9.17) is 23.2 Å². The maximum absolute atomic E-state index is 11.0. The molecule has 0 N–H and O–H groups in total. The van der Waals surface area contributed by atoms with Gasteiger partial charge in [0.2, 0.25) is 0 Å². The summed E-state index contributed by atoms with van der Waals surface area (Å²) in [5.74, 6) is 1.15. The minimum Gasteiger partial charge on any atom is -0.323 e. The van der Waals surface area contributed by atoms with E-state index < -0.39 is 0 Å². The van der Waals surface area contributed by atoms with Crippen LogP contribution in [-0.4, -0.2) is 30.8 Å². The van der Waals surface area contributed by atoms with Crippen molar-refractivity contribution in [1.29, 1.82) is 0 Å². The second-order valence-electron chi connectivity index (χ2n) is 4.42. The van der Waals surface area contributed by atoms with Crippen LogP contribution in [0.1, 0.15) is 16.3 Å². The molecular weight excluding hydrogens is 325 g/mol. The van der Waals surface area contributed by atoms with Gasteiger partial charge >= 0.3 is 0 Å². The number of aromatic nitrogens is 5. The van der Waals surface area contributed by atoms with Crippen molar-refractivity contribution in [3.05, 3.63) is 58.6 Å².